The largest absolute Gasteiger partial charge is 0.468 e. The van der Waals surface area contributed by atoms with Gasteiger partial charge in [0.05, 0.1) is 14.2 Å². The van der Waals surface area contributed by atoms with Gasteiger partial charge in [0, 0.05) is 0 Å². The van der Waals surface area contributed by atoms with Crippen molar-refractivity contribution < 1.29 is 19.1 Å². The van der Waals surface area contributed by atoms with Crippen LogP contribution < -0.4 is 0 Å². The highest BCUT2D eigenvalue weighted by Crippen LogP contribution is 2.18. The van der Waals surface area contributed by atoms with Gasteiger partial charge in [-0.3, -0.25) is 9.59 Å². The Balaban J connectivity index is 0. The lowest BCUT2D eigenvalue weighted by Gasteiger charge is -2.17. The van der Waals surface area contributed by atoms with E-state index in [9.17, 15) is 9.59 Å². The van der Waals surface area contributed by atoms with Crippen LogP contribution in [0, 0.1) is 5.41 Å². The Hall–Kier alpha value is -0.330. The first-order valence-electron chi connectivity index (χ1n) is 3.13. The SMILES string of the molecule is COC(=O)C(C)(C)C(=O)OC.I. The average molecular weight is 288 g/mol. The first-order valence-corrected chi connectivity index (χ1v) is 3.13. The average Bonchev–Trinajstić information content (AvgIpc) is 2.01. The number of esters is 2. The van der Waals surface area contributed by atoms with Crippen LogP contribution in [0.15, 0.2) is 0 Å². The molecule has 0 saturated carbocycles. The summed E-state index contributed by atoms with van der Waals surface area (Å²) < 4.78 is 8.80. The van der Waals surface area contributed by atoms with Gasteiger partial charge in [-0.15, -0.1) is 24.0 Å². The summed E-state index contributed by atoms with van der Waals surface area (Å²) in [6.07, 6.45) is 0. The highest BCUT2D eigenvalue weighted by atomic mass is 127. The van der Waals surface area contributed by atoms with Gasteiger partial charge in [-0.25, -0.2) is 0 Å². The van der Waals surface area contributed by atoms with E-state index < -0.39 is 17.4 Å². The van der Waals surface area contributed by atoms with Gasteiger partial charge in [0.1, 0.15) is 0 Å². The molecular formula is C7H13IO4. The number of rotatable bonds is 2. The van der Waals surface area contributed by atoms with E-state index >= 15 is 0 Å². The summed E-state index contributed by atoms with van der Waals surface area (Å²) in [5, 5.41) is 0. The predicted molar refractivity (Wildman–Crippen MR) is 53.2 cm³/mol. The van der Waals surface area contributed by atoms with Gasteiger partial charge in [-0.1, -0.05) is 0 Å². The van der Waals surface area contributed by atoms with Crippen molar-refractivity contribution in [3.8, 4) is 0 Å². The molecule has 0 N–H and O–H groups in total. The van der Waals surface area contributed by atoms with Crippen molar-refractivity contribution in [2.45, 2.75) is 13.8 Å². The van der Waals surface area contributed by atoms with Gasteiger partial charge in [0.15, 0.2) is 5.41 Å². The molecule has 0 atom stereocenters. The van der Waals surface area contributed by atoms with E-state index in [0.717, 1.165) is 0 Å². The quantitative estimate of drug-likeness (QED) is 0.432. The Kier molecular flexibility index (Phi) is 6.32. The van der Waals surface area contributed by atoms with Crippen LogP contribution in [0.1, 0.15) is 13.8 Å². The smallest absolute Gasteiger partial charge is 0.322 e. The van der Waals surface area contributed by atoms with E-state index in [-0.39, 0.29) is 24.0 Å². The van der Waals surface area contributed by atoms with Crippen molar-refractivity contribution in [1.82, 2.24) is 0 Å². The number of hydrogen-bond donors (Lipinski definition) is 0. The van der Waals surface area contributed by atoms with Crippen LogP contribution in [0.2, 0.25) is 0 Å². The highest BCUT2D eigenvalue weighted by molar-refractivity contribution is 14.0. The van der Waals surface area contributed by atoms with Crippen molar-refractivity contribution in [2.24, 2.45) is 5.41 Å². The van der Waals surface area contributed by atoms with Gasteiger partial charge in [0.25, 0.3) is 0 Å². The molecule has 12 heavy (non-hydrogen) atoms. The molecule has 0 fully saturated rings. The fourth-order valence-electron chi connectivity index (χ4n) is 0.594. The number of hydrogen-bond acceptors (Lipinski definition) is 4. The summed E-state index contributed by atoms with van der Waals surface area (Å²) in [5.41, 5.74) is -1.20. The zero-order valence-corrected chi connectivity index (χ0v) is 9.87. The number of methoxy groups -OCH3 is 2. The van der Waals surface area contributed by atoms with Crippen LogP contribution in [0.3, 0.4) is 0 Å². The lowest BCUT2D eigenvalue weighted by Crippen LogP contribution is -2.35. The van der Waals surface area contributed by atoms with Crippen molar-refractivity contribution in [1.29, 1.82) is 0 Å². The summed E-state index contributed by atoms with van der Waals surface area (Å²) in [6.45, 7) is 2.90. The van der Waals surface area contributed by atoms with Crippen LogP contribution in [0.5, 0.6) is 0 Å². The molecule has 72 valence electrons. The van der Waals surface area contributed by atoms with E-state index in [2.05, 4.69) is 9.47 Å². The van der Waals surface area contributed by atoms with E-state index in [1.807, 2.05) is 0 Å². The molecule has 4 nitrogen and oxygen atoms in total. The molecule has 0 spiro atoms. The van der Waals surface area contributed by atoms with E-state index in [1.165, 1.54) is 28.1 Å². The van der Waals surface area contributed by atoms with Crippen molar-refractivity contribution >= 4 is 35.9 Å². The minimum atomic E-state index is -1.20. The molecule has 0 aromatic heterocycles. The van der Waals surface area contributed by atoms with E-state index in [4.69, 9.17) is 0 Å². The molecule has 0 rings (SSSR count). The van der Waals surface area contributed by atoms with Crippen LogP contribution >= 0.6 is 24.0 Å². The fraction of sp³-hybridized carbons (Fsp3) is 0.714. The first kappa shape index (κ1) is 14.2. The standard InChI is InChI=1S/C7H12O4.HI/c1-7(2,5(8)10-3)6(9)11-4;/h1-4H3;1H. The number of carbonyl (C=O) groups excluding carboxylic acids is 2. The summed E-state index contributed by atoms with van der Waals surface area (Å²) in [7, 11) is 2.46. The molecule has 0 heterocycles. The lowest BCUT2D eigenvalue weighted by molar-refractivity contribution is -0.166. The second-order valence-corrected chi connectivity index (χ2v) is 2.61. The zero-order valence-electron chi connectivity index (χ0n) is 7.54. The van der Waals surface area contributed by atoms with Crippen LogP contribution in [0.4, 0.5) is 0 Å². The van der Waals surface area contributed by atoms with Crippen molar-refractivity contribution in [3.63, 3.8) is 0 Å². The van der Waals surface area contributed by atoms with Gasteiger partial charge < -0.3 is 9.47 Å². The molecule has 0 aliphatic carbocycles. The van der Waals surface area contributed by atoms with Gasteiger partial charge in [-0.2, -0.15) is 0 Å². The third-order valence-corrected chi connectivity index (χ3v) is 1.39. The van der Waals surface area contributed by atoms with Gasteiger partial charge in [0.2, 0.25) is 0 Å². The number of halogens is 1. The van der Waals surface area contributed by atoms with Crippen LogP contribution in [-0.4, -0.2) is 26.2 Å². The molecular weight excluding hydrogens is 275 g/mol. The predicted octanol–water partition coefficient (Wildman–Crippen LogP) is 0.977. The summed E-state index contributed by atoms with van der Waals surface area (Å²) >= 11 is 0. The summed E-state index contributed by atoms with van der Waals surface area (Å²) in [5.74, 6) is -1.19. The van der Waals surface area contributed by atoms with Gasteiger partial charge >= 0.3 is 11.9 Å². The minimum Gasteiger partial charge on any atom is -0.468 e. The lowest BCUT2D eigenvalue weighted by atomic mass is 9.94. The first-order chi connectivity index (χ1) is 4.96. The van der Waals surface area contributed by atoms with Crippen LogP contribution in [-0.2, 0) is 19.1 Å². The minimum absolute atomic E-state index is 0. The summed E-state index contributed by atoms with van der Waals surface area (Å²) in [6, 6.07) is 0. The third kappa shape index (κ3) is 2.96. The maximum Gasteiger partial charge on any atom is 0.322 e. The third-order valence-electron chi connectivity index (χ3n) is 1.39. The Morgan fingerprint density at radius 3 is 1.42 bits per heavy atom. The van der Waals surface area contributed by atoms with Crippen molar-refractivity contribution in [2.75, 3.05) is 14.2 Å². The van der Waals surface area contributed by atoms with E-state index in [0.29, 0.717) is 0 Å². The van der Waals surface area contributed by atoms with Gasteiger partial charge in [-0.05, 0) is 13.8 Å². The highest BCUT2D eigenvalue weighted by Gasteiger charge is 2.38. The normalized spacial score (nSPS) is 9.67. The number of ether oxygens (including phenoxy) is 2. The maximum absolute atomic E-state index is 10.9. The second-order valence-electron chi connectivity index (χ2n) is 2.61. The monoisotopic (exact) mass is 288 g/mol. The fourth-order valence-corrected chi connectivity index (χ4v) is 0.594. The molecule has 0 aromatic carbocycles. The Morgan fingerprint density at radius 2 is 1.25 bits per heavy atom. The zero-order chi connectivity index (χ0) is 9.07. The van der Waals surface area contributed by atoms with Crippen LogP contribution in [0.25, 0.3) is 0 Å². The molecule has 0 saturated heterocycles. The molecule has 5 heteroatoms. The molecule has 0 unspecified atom stereocenters. The Morgan fingerprint density at radius 1 is 1.00 bits per heavy atom. The summed E-state index contributed by atoms with van der Waals surface area (Å²) in [4.78, 5) is 21.8. The van der Waals surface area contributed by atoms with Crippen molar-refractivity contribution in [3.05, 3.63) is 0 Å². The second kappa shape index (κ2) is 5.34. The molecule has 0 aliphatic heterocycles. The maximum atomic E-state index is 10.9. The molecule has 0 bridgehead atoms. The Bertz CT molecular complexity index is 158. The topological polar surface area (TPSA) is 52.6 Å². The Labute approximate surface area is 88.6 Å². The number of carbonyl (C=O) groups is 2. The molecule has 0 amide bonds. The molecule has 0 radical (unpaired) electrons. The molecule has 0 aliphatic rings. The van der Waals surface area contributed by atoms with E-state index in [1.54, 1.807) is 0 Å². The molecule has 0 aromatic rings.